The van der Waals surface area contributed by atoms with Crippen LogP contribution in [-0.4, -0.2) is 37.2 Å². The number of ether oxygens (including phenoxy) is 3. The van der Waals surface area contributed by atoms with E-state index in [1.165, 1.54) is 83.5 Å². The minimum absolute atomic E-state index is 0.103. The number of rotatable bonds is 39. The van der Waals surface area contributed by atoms with Crippen molar-refractivity contribution >= 4 is 17.9 Å². The highest BCUT2D eigenvalue weighted by Gasteiger charge is 2.19. The molecule has 0 aromatic heterocycles. The van der Waals surface area contributed by atoms with E-state index in [9.17, 15) is 14.4 Å². The van der Waals surface area contributed by atoms with Crippen molar-refractivity contribution in [3.8, 4) is 0 Å². The second-order valence-corrected chi connectivity index (χ2v) is 14.6. The van der Waals surface area contributed by atoms with Crippen LogP contribution in [0.4, 0.5) is 0 Å². The van der Waals surface area contributed by atoms with Gasteiger partial charge in [0.2, 0.25) is 0 Å². The monoisotopic (exact) mass is 755 g/mol. The maximum Gasteiger partial charge on any atom is 0.306 e. The second kappa shape index (κ2) is 42.8. The highest BCUT2D eigenvalue weighted by atomic mass is 16.6. The molecule has 0 heterocycles. The van der Waals surface area contributed by atoms with Gasteiger partial charge >= 0.3 is 17.9 Å². The third kappa shape index (κ3) is 40.3. The molecule has 6 heteroatoms. The molecule has 1 unspecified atom stereocenters. The molecule has 54 heavy (non-hydrogen) atoms. The molecule has 1 atom stereocenters. The van der Waals surface area contributed by atoms with E-state index >= 15 is 0 Å². The van der Waals surface area contributed by atoms with E-state index in [0.717, 1.165) is 77.0 Å². The standard InChI is InChI=1S/C48H82O6/c1-4-7-10-13-16-19-22-24-26-29-32-35-38-41-47(50)53-44-45(43-52-46(49)40-37-34-31-28-21-18-15-12-9-6-3)54-48(51)42-39-36-33-30-27-25-23-20-17-14-11-8-5-2/h7,10,13,16,19,22,25,27,33,36,45H,4-6,8-9,11-12,14-15,17-18,20-21,23-24,26,28-32,34-35,37-44H2,1-3H3/b10-7-,16-13-,22-19-,27-25-,36-33-. The van der Waals surface area contributed by atoms with Crippen LogP contribution in [0.2, 0.25) is 0 Å². The zero-order valence-corrected chi connectivity index (χ0v) is 35.2. The molecule has 310 valence electrons. The molecule has 0 saturated carbocycles. The van der Waals surface area contributed by atoms with Gasteiger partial charge in [0.05, 0.1) is 0 Å². The molecule has 0 bridgehead atoms. The topological polar surface area (TPSA) is 78.9 Å². The van der Waals surface area contributed by atoms with Crippen LogP contribution in [0.25, 0.3) is 0 Å². The van der Waals surface area contributed by atoms with E-state index in [4.69, 9.17) is 14.2 Å². The fourth-order valence-corrected chi connectivity index (χ4v) is 5.96. The van der Waals surface area contributed by atoms with Crippen molar-refractivity contribution in [3.05, 3.63) is 60.8 Å². The summed E-state index contributed by atoms with van der Waals surface area (Å²) in [5.41, 5.74) is 0. The number of esters is 3. The minimum atomic E-state index is -0.808. The summed E-state index contributed by atoms with van der Waals surface area (Å²) in [4.78, 5) is 37.6. The van der Waals surface area contributed by atoms with Gasteiger partial charge < -0.3 is 14.2 Å². The van der Waals surface area contributed by atoms with Gasteiger partial charge in [0.25, 0.3) is 0 Å². The van der Waals surface area contributed by atoms with E-state index in [1.807, 2.05) is 6.08 Å². The fraction of sp³-hybridized carbons (Fsp3) is 0.729. The molecule has 0 radical (unpaired) electrons. The SMILES string of the molecule is CC\C=C/C=C\C=C/CCCCCCCC(=O)OCC(COC(=O)CCCCCCCCCCCC)OC(=O)CC/C=C\C/C=C\CCCCCCCC. The summed E-state index contributed by atoms with van der Waals surface area (Å²) in [6, 6.07) is 0. The van der Waals surface area contributed by atoms with Crippen LogP contribution in [0, 0.1) is 0 Å². The predicted molar refractivity (Wildman–Crippen MR) is 228 cm³/mol. The van der Waals surface area contributed by atoms with Gasteiger partial charge in [-0.15, -0.1) is 0 Å². The summed E-state index contributed by atoms with van der Waals surface area (Å²) in [5, 5.41) is 0. The first kappa shape index (κ1) is 51.1. The van der Waals surface area contributed by atoms with Crippen LogP contribution >= 0.6 is 0 Å². The van der Waals surface area contributed by atoms with Crippen molar-refractivity contribution in [1.29, 1.82) is 0 Å². The van der Waals surface area contributed by atoms with Gasteiger partial charge in [-0.1, -0.05) is 191 Å². The van der Waals surface area contributed by atoms with Gasteiger partial charge in [-0.25, -0.2) is 0 Å². The first-order valence-corrected chi connectivity index (χ1v) is 22.3. The molecule has 0 aromatic carbocycles. The molecule has 0 aliphatic rings. The maximum absolute atomic E-state index is 12.7. The van der Waals surface area contributed by atoms with Gasteiger partial charge in [0.15, 0.2) is 6.10 Å². The molecule has 0 rings (SSSR count). The van der Waals surface area contributed by atoms with E-state index in [-0.39, 0.29) is 37.5 Å². The highest BCUT2D eigenvalue weighted by Crippen LogP contribution is 2.13. The molecule has 0 aliphatic carbocycles. The largest absolute Gasteiger partial charge is 0.462 e. The molecule has 0 N–H and O–H groups in total. The molecule has 0 saturated heterocycles. The van der Waals surface area contributed by atoms with Crippen LogP contribution in [0.5, 0.6) is 0 Å². The van der Waals surface area contributed by atoms with Crippen molar-refractivity contribution in [2.75, 3.05) is 13.2 Å². The molecule has 0 fully saturated rings. The van der Waals surface area contributed by atoms with Crippen molar-refractivity contribution in [1.82, 2.24) is 0 Å². The molecule has 0 aliphatic heterocycles. The number of allylic oxidation sites excluding steroid dienone is 10. The van der Waals surface area contributed by atoms with Crippen LogP contribution in [0.1, 0.15) is 207 Å². The Kier molecular flexibility index (Phi) is 40.6. The lowest BCUT2D eigenvalue weighted by Crippen LogP contribution is -2.30. The lowest BCUT2D eigenvalue weighted by molar-refractivity contribution is -0.166. The lowest BCUT2D eigenvalue weighted by Gasteiger charge is -2.18. The number of hydrogen-bond acceptors (Lipinski definition) is 6. The smallest absolute Gasteiger partial charge is 0.306 e. The summed E-state index contributed by atoms with van der Waals surface area (Å²) in [5.74, 6) is -0.998. The summed E-state index contributed by atoms with van der Waals surface area (Å²) >= 11 is 0. The summed E-state index contributed by atoms with van der Waals surface area (Å²) in [6.07, 6.45) is 50.7. The average molecular weight is 755 g/mol. The van der Waals surface area contributed by atoms with Crippen molar-refractivity contribution in [2.24, 2.45) is 0 Å². The van der Waals surface area contributed by atoms with E-state index in [1.54, 1.807) is 0 Å². The lowest BCUT2D eigenvalue weighted by atomic mass is 10.1. The molecular formula is C48H82O6. The van der Waals surface area contributed by atoms with Crippen LogP contribution in [-0.2, 0) is 28.6 Å². The third-order valence-corrected chi connectivity index (χ3v) is 9.33. The first-order chi connectivity index (χ1) is 26.5. The average Bonchev–Trinajstić information content (AvgIpc) is 3.17. The molecule has 0 aromatic rings. The Hall–Kier alpha value is -2.89. The fourth-order valence-electron chi connectivity index (χ4n) is 5.96. The Morgan fingerprint density at radius 2 is 0.833 bits per heavy atom. The Balaban J connectivity index is 4.49. The summed E-state index contributed by atoms with van der Waals surface area (Å²) in [6.45, 7) is 6.40. The Morgan fingerprint density at radius 1 is 0.407 bits per heavy atom. The van der Waals surface area contributed by atoms with Gasteiger partial charge in [-0.05, 0) is 57.8 Å². The normalized spacial score (nSPS) is 12.6. The molecule has 0 spiro atoms. The number of carbonyl (C=O) groups is 3. The summed E-state index contributed by atoms with van der Waals surface area (Å²) < 4.78 is 16.6. The van der Waals surface area contributed by atoms with Gasteiger partial charge in [0.1, 0.15) is 13.2 Å². The summed E-state index contributed by atoms with van der Waals surface area (Å²) in [7, 11) is 0. The van der Waals surface area contributed by atoms with E-state index in [0.29, 0.717) is 19.3 Å². The van der Waals surface area contributed by atoms with E-state index in [2.05, 4.69) is 75.5 Å². The maximum atomic E-state index is 12.7. The number of carbonyl (C=O) groups excluding carboxylic acids is 3. The van der Waals surface area contributed by atoms with Crippen molar-refractivity contribution in [2.45, 2.75) is 213 Å². The van der Waals surface area contributed by atoms with Crippen LogP contribution in [0.15, 0.2) is 60.8 Å². The molecule has 6 nitrogen and oxygen atoms in total. The van der Waals surface area contributed by atoms with E-state index < -0.39 is 6.10 Å². The van der Waals surface area contributed by atoms with Gasteiger partial charge in [-0.2, -0.15) is 0 Å². The van der Waals surface area contributed by atoms with Gasteiger partial charge in [0, 0.05) is 19.3 Å². The van der Waals surface area contributed by atoms with Crippen LogP contribution < -0.4 is 0 Å². The second-order valence-electron chi connectivity index (χ2n) is 14.6. The zero-order chi connectivity index (χ0) is 39.4. The zero-order valence-electron chi connectivity index (χ0n) is 35.2. The highest BCUT2D eigenvalue weighted by molar-refractivity contribution is 5.71. The Labute approximate surface area is 332 Å². The first-order valence-electron chi connectivity index (χ1n) is 22.3. The predicted octanol–water partition coefficient (Wildman–Crippen LogP) is 14.1. The number of hydrogen-bond donors (Lipinski definition) is 0. The van der Waals surface area contributed by atoms with Crippen molar-refractivity contribution in [3.63, 3.8) is 0 Å². The third-order valence-electron chi connectivity index (χ3n) is 9.33. The van der Waals surface area contributed by atoms with Crippen LogP contribution in [0.3, 0.4) is 0 Å². The molecule has 0 amide bonds. The quantitative estimate of drug-likeness (QED) is 0.0204. The Morgan fingerprint density at radius 3 is 1.33 bits per heavy atom. The van der Waals surface area contributed by atoms with Crippen molar-refractivity contribution < 1.29 is 28.6 Å². The molecular weight excluding hydrogens is 673 g/mol. The number of unbranched alkanes of at least 4 members (excludes halogenated alkanes) is 20. The minimum Gasteiger partial charge on any atom is -0.462 e. The van der Waals surface area contributed by atoms with Gasteiger partial charge in [-0.3, -0.25) is 14.4 Å². The Bertz CT molecular complexity index is 1010.